The quantitative estimate of drug-likeness (QED) is 0.755. The van der Waals surface area contributed by atoms with E-state index in [4.69, 9.17) is 5.26 Å². The summed E-state index contributed by atoms with van der Waals surface area (Å²) in [6.07, 6.45) is 1.13. The van der Waals surface area contributed by atoms with Crippen LogP contribution in [0.3, 0.4) is 0 Å². The van der Waals surface area contributed by atoms with Crippen LogP contribution in [0.15, 0.2) is 24.3 Å². The highest BCUT2D eigenvalue weighted by Crippen LogP contribution is 2.14. The number of nitriles is 1. The lowest BCUT2D eigenvalue weighted by Crippen LogP contribution is -2.23. The van der Waals surface area contributed by atoms with Gasteiger partial charge in [0, 0.05) is 19.3 Å². The Bertz CT molecular complexity index is 366. The third kappa shape index (κ3) is 3.92. The van der Waals surface area contributed by atoms with E-state index in [-0.39, 0.29) is 0 Å². The van der Waals surface area contributed by atoms with Crippen LogP contribution in [-0.2, 0) is 0 Å². The Morgan fingerprint density at radius 3 is 2.56 bits per heavy atom. The average Bonchev–Trinajstić information content (AvgIpc) is 2.28. The van der Waals surface area contributed by atoms with Crippen LogP contribution in [0.25, 0.3) is 0 Å². The fourth-order valence-electron chi connectivity index (χ4n) is 1.57. The Labute approximate surface area is 97.9 Å². The van der Waals surface area contributed by atoms with E-state index in [1.807, 2.05) is 24.3 Å². The number of nitrogens with zero attached hydrogens (tertiary/aromatic N) is 3. The lowest BCUT2D eigenvalue weighted by atomic mass is 10.2. The Hall–Kier alpha value is -1.53. The van der Waals surface area contributed by atoms with Crippen LogP contribution in [0.2, 0.25) is 0 Å². The van der Waals surface area contributed by atoms with Crippen LogP contribution in [-0.4, -0.2) is 39.1 Å². The Balaban J connectivity index is 2.52. The maximum Gasteiger partial charge on any atom is 0.0992 e. The smallest absolute Gasteiger partial charge is 0.0992 e. The summed E-state index contributed by atoms with van der Waals surface area (Å²) in [5.74, 6) is 0. The third-order valence-electron chi connectivity index (χ3n) is 2.51. The molecule has 0 heterocycles. The Kier molecular flexibility index (Phi) is 4.81. The van der Waals surface area contributed by atoms with Crippen molar-refractivity contribution in [3.63, 3.8) is 0 Å². The second-order valence-electron chi connectivity index (χ2n) is 4.24. The van der Waals surface area contributed by atoms with Gasteiger partial charge in [-0.2, -0.15) is 5.26 Å². The molecule has 0 saturated heterocycles. The zero-order valence-corrected chi connectivity index (χ0v) is 10.3. The molecule has 0 atom stereocenters. The topological polar surface area (TPSA) is 30.3 Å². The molecule has 0 aliphatic carbocycles. The fraction of sp³-hybridized carbons (Fsp3) is 0.462. The molecule has 0 aromatic heterocycles. The number of anilines is 1. The van der Waals surface area contributed by atoms with Crippen LogP contribution in [0, 0.1) is 11.3 Å². The number of rotatable bonds is 5. The molecule has 0 spiro atoms. The van der Waals surface area contributed by atoms with Crippen molar-refractivity contribution in [1.29, 1.82) is 5.26 Å². The van der Waals surface area contributed by atoms with E-state index in [0.29, 0.717) is 0 Å². The molecule has 16 heavy (non-hydrogen) atoms. The number of hydrogen-bond donors (Lipinski definition) is 0. The van der Waals surface area contributed by atoms with Gasteiger partial charge in [-0.25, -0.2) is 0 Å². The molecule has 0 unspecified atom stereocenters. The van der Waals surface area contributed by atoms with Crippen LogP contribution >= 0.6 is 0 Å². The van der Waals surface area contributed by atoms with Gasteiger partial charge in [0.1, 0.15) is 0 Å². The van der Waals surface area contributed by atoms with E-state index in [1.165, 1.54) is 0 Å². The molecule has 86 valence electrons. The first-order chi connectivity index (χ1) is 7.63. The molecule has 0 fully saturated rings. The second-order valence-corrected chi connectivity index (χ2v) is 4.24. The zero-order valence-electron chi connectivity index (χ0n) is 10.3. The van der Waals surface area contributed by atoms with E-state index in [2.05, 4.69) is 37.0 Å². The van der Waals surface area contributed by atoms with Gasteiger partial charge in [-0.15, -0.1) is 0 Å². The molecule has 3 nitrogen and oxygen atoms in total. The molecule has 1 rings (SSSR count). The van der Waals surface area contributed by atoms with Crippen molar-refractivity contribution in [3.05, 3.63) is 29.8 Å². The molecule has 0 aliphatic heterocycles. The molecule has 0 N–H and O–H groups in total. The van der Waals surface area contributed by atoms with Gasteiger partial charge >= 0.3 is 0 Å². The van der Waals surface area contributed by atoms with Crippen molar-refractivity contribution in [1.82, 2.24) is 4.90 Å². The summed E-state index contributed by atoms with van der Waals surface area (Å²) in [5.41, 5.74) is 1.83. The SMILES string of the molecule is CN(C)CCCN(C)c1cccc(C#N)c1. The first kappa shape index (κ1) is 12.5. The predicted octanol–water partition coefficient (Wildman–Crippen LogP) is 1.95. The maximum atomic E-state index is 8.82. The van der Waals surface area contributed by atoms with Crippen molar-refractivity contribution in [2.45, 2.75) is 6.42 Å². The normalized spacial score (nSPS) is 10.2. The van der Waals surface area contributed by atoms with Crippen LogP contribution in [0.4, 0.5) is 5.69 Å². The van der Waals surface area contributed by atoms with Gasteiger partial charge in [0.15, 0.2) is 0 Å². The van der Waals surface area contributed by atoms with E-state index < -0.39 is 0 Å². The van der Waals surface area contributed by atoms with Crippen molar-refractivity contribution >= 4 is 5.69 Å². The van der Waals surface area contributed by atoms with Gasteiger partial charge in [-0.1, -0.05) is 6.07 Å². The van der Waals surface area contributed by atoms with E-state index >= 15 is 0 Å². The number of benzene rings is 1. The van der Waals surface area contributed by atoms with E-state index in [9.17, 15) is 0 Å². The summed E-state index contributed by atoms with van der Waals surface area (Å²) >= 11 is 0. The van der Waals surface area contributed by atoms with Gasteiger partial charge in [0.25, 0.3) is 0 Å². The van der Waals surface area contributed by atoms with Gasteiger partial charge < -0.3 is 9.80 Å². The summed E-state index contributed by atoms with van der Waals surface area (Å²) in [6.45, 7) is 2.09. The van der Waals surface area contributed by atoms with Gasteiger partial charge in [0.05, 0.1) is 11.6 Å². The molecular weight excluding hydrogens is 198 g/mol. The molecule has 0 saturated carbocycles. The monoisotopic (exact) mass is 217 g/mol. The van der Waals surface area contributed by atoms with Gasteiger partial charge in [0.2, 0.25) is 0 Å². The Morgan fingerprint density at radius 1 is 1.19 bits per heavy atom. The fourth-order valence-corrected chi connectivity index (χ4v) is 1.57. The molecule has 0 amide bonds. The zero-order chi connectivity index (χ0) is 12.0. The van der Waals surface area contributed by atoms with E-state index in [0.717, 1.165) is 30.8 Å². The standard InChI is InChI=1S/C13H19N3/c1-15(2)8-5-9-16(3)13-7-4-6-12(10-13)11-14/h4,6-7,10H,5,8-9H2,1-3H3. The molecule has 1 aromatic rings. The average molecular weight is 217 g/mol. The number of hydrogen-bond acceptors (Lipinski definition) is 3. The predicted molar refractivity (Wildman–Crippen MR) is 67.6 cm³/mol. The van der Waals surface area contributed by atoms with Crippen molar-refractivity contribution < 1.29 is 0 Å². The van der Waals surface area contributed by atoms with Crippen molar-refractivity contribution in [2.75, 3.05) is 39.1 Å². The minimum Gasteiger partial charge on any atom is -0.375 e. The highest BCUT2D eigenvalue weighted by atomic mass is 15.1. The summed E-state index contributed by atoms with van der Waals surface area (Å²) in [4.78, 5) is 4.36. The second kappa shape index (κ2) is 6.14. The maximum absolute atomic E-state index is 8.82. The highest BCUT2D eigenvalue weighted by Gasteiger charge is 2.01. The minimum absolute atomic E-state index is 0.719. The van der Waals surface area contributed by atoms with Gasteiger partial charge in [-0.05, 0) is 45.3 Å². The molecular formula is C13H19N3. The molecule has 1 aromatic carbocycles. The largest absolute Gasteiger partial charge is 0.375 e. The first-order valence-electron chi connectivity index (χ1n) is 5.49. The lowest BCUT2D eigenvalue weighted by molar-refractivity contribution is 0.401. The van der Waals surface area contributed by atoms with E-state index in [1.54, 1.807) is 0 Å². The van der Waals surface area contributed by atoms with Crippen LogP contribution in [0.1, 0.15) is 12.0 Å². The third-order valence-corrected chi connectivity index (χ3v) is 2.51. The molecule has 0 aliphatic rings. The minimum atomic E-state index is 0.719. The lowest BCUT2D eigenvalue weighted by Gasteiger charge is -2.20. The van der Waals surface area contributed by atoms with Crippen LogP contribution < -0.4 is 4.90 Å². The first-order valence-corrected chi connectivity index (χ1v) is 5.49. The summed E-state index contributed by atoms with van der Waals surface area (Å²) in [7, 11) is 6.22. The van der Waals surface area contributed by atoms with Crippen molar-refractivity contribution in [2.24, 2.45) is 0 Å². The Morgan fingerprint density at radius 2 is 1.94 bits per heavy atom. The van der Waals surface area contributed by atoms with Crippen molar-refractivity contribution in [3.8, 4) is 6.07 Å². The summed E-state index contributed by atoms with van der Waals surface area (Å²) in [5, 5.41) is 8.82. The molecule has 0 bridgehead atoms. The molecule has 3 heteroatoms. The van der Waals surface area contributed by atoms with Crippen LogP contribution in [0.5, 0.6) is 0 Å². The van der Waals surface area contributed by atoms with Gasteiger partial charge in [-0.3, -0.25) is 0 Å². The highest BCUT2D eigenvalue weighted by molar-refractivity contribution is 5.50. The summed E-state index contributed by atoms with van der Waals surface area (Å²) in [6, 6.07) is 9.88. The molecule has 0 radical (unpaired) electrons. The summed E-state index contributed by atoms with van der Waals surface area (Å²) < 4.78 is 0.